The van der Waals surface area contributed by atoms with Crippen molar-refractivity contribution in [2.24, 2.45) is 11.1 Å². The van der Waals surface area contributed by atoms with Gasteiger partial charge in [-0.3, -0.25) is 4.79 Å². The van der Waals surface area contributed by atoms with Gasteiger partial charge in [-0.05, 0) is 48.6 Å². The number of amides is 1. The molecule has 0 spiro atoms. The fraction of sp³-hybridized carbons (Fsp3) is 0.529. The van der Waals surface area contributed by atoms with Gasteiger partial charge in [0.1, 0.15) is 5.75 Å². The molecule has 2 aliphatic rings. The molecule has 0 aliphatic carbocycles. The molecule has 1 atom stereocenters. The number of rotatable bonds is 3. The third kappa shape index (κ3) is 3.08. The topological polar surface area (TPSA) is 51.1 Å². The van der Waals surface area contributed by atoms with Crippen LogP contribution < -0.4 is 4.74 Å². The average molecular weight is 302 g/mol. The summed E-state index contributed by atoms with van der Waals surface area (Å²) in [5.41, 5.74) is 1.80. The molecule has 2 aliphatic heterocycles. The quantitative estimate of drug-likeness (QED) is 0.862. The summed E-state index contributed by atoms with van der Waals surface area (Å²) in [6.07, 6.45) is 2.22. The van der Waals surface area contributed by atoms with Crippen molar-refractivity contribution in [1.29, 1.82) is 0 Å². The van der Waals surface area contributed by atoms with Gasteiger partial charge in [0.2, 0.25) is 6.10 Å². The smallest absolute Gasteiger partial charge is 0.266 e. The van der Waals surface area contributed by atoms with E-state index < -0.39 is 6.10 Å². The number of ether oxygens (including phenoxy) is 1. The zero-order valence-electron chi connectivity index (χ0n) is 13.1. The number of hydrogen-bond acceptors (Lipinski definition) is 4. The van der Waals surface area contributed by atoms with E-state index in [0.717, 1.165) is 43.0 Å². The number of piperidine rings is 1. The summed E-state index contributed by atoms with van der Waals surface area (Å²) in [7, 11) is 1.64. The predicted octanol–water partition coefficient (Wildman–Crippen LogP) is 2.45. The van der Waals surface area contributed by atoms with Crippen molar-refractivity contribution in [3.05, 3.63) is 29.8 Å². The standard InChI is InChI=1S/C17H22N2O3/c1-12-7-9-19(10-8-12)17(20)16-11-15(18-22-16)13-3-5-14(21-2)6-4-13/h3-6,12,16H,7-11H2,1-2H3/t16-/m1/s1. The molecule has 1 aromatic rings. The minimum Gasteiger partial charge on any atom is -0.497 e. The number of carbonyl (C=O) groups excluding carboxylic acids is 1. The van der Waals surface area contributed by atoms with Crippen molar-refractivity contribution in [2.45, 2.75) is 32.3 Å². The SMILES string of the molecule is COc1ccc(C2=NO[C@@H](C(=O)N3CCC(C)CC3)C2)cc1. The molecule has 1 fully saturated rings. The second-order valence-corrected chi connectivity index (χ2v) is 6.07. The minimum absolute atomic E-state index is 0.0687. The molecule has 118 valence electrons. The second-order valence-electron chi connectivity index (χ2n) is 6.07. The van der Waals surface area contributed by atoms with E-state index in [1.54, 1.807) is 7.11 Å². The highest BCUT2D eigenvalue weighted by molar-refractivity contribution is 6.04. The van der Waals surface area contributed by atoms with Crippen LogP contribution in [-0.4, -0.2) is 42.8 Å². The van der Waals surface area contributed by atoms with Crippen LogP contribution in [0, 0.1) is 5.92 Å². The Morgan fingerprint density at radius 3 is 2.59 bits per heavy atom. The highest BCUT2D eigenvalue weighted by Crippen LogP contribution is 2.23. The van der Waals surface area contributed by atoms with Gasteiger partial charge < -0.3 is 14.5 Å². The zero-order valence-corrected chi connectivity index (χ0v) is 13.1. The van der Waals surface area contributed by atoms with Crippen LogP contribution in [-0.2, 0) is 9.63 Å². The van der Waals surface area contributed by atoms with Crippen LogP contribution in [0.4, 0.5) is 0 Å². The Balaban J connectivity index is 1.59. The molecule has 5 heteroatoms. The monoisotopic (exact) mass is 302 g/mol. The molecule has 1 saturated heterocycles. The van der Waals surface area contributed by atoms with Gasteiger partial charge in [-0.15, -0.1) is 0 Å². The van der Waals surface area contributed by atoms with Gasteiger partial charge in [0.05, 0.1) is 12.8 Å². The lowest BCUT2D eigenvalue weighted by Crippen LogP contribution is -2.43. The average Bonchev–Trinajstić information content (AvgIpc) is 3.05. The summed E-state index contributed by atoms with van der Waals surface area (Å²) >= 11 is 0. The fourth-order valence-corrected chi connectivity index (χ4v) is 2.90. The number of carbonyl (C=O) groups is 1. The Morgan fingerprint density at radius 2 is 1.95 bits per heavy atom. The molecule has 0 saturated carbocycles. The maximum absolute atomic E-state index is 12.5. The van der Waals surface area contributed by atoms with Crippen LogP contribution in [0.2, 0.25) is 0 Å². The van der Waals surface area contributed by atoms with Crippen LogP contribution in [0.15, 0.2) is 29.4 Å². The molecule has 0 unspecified atom stereocenters. The van der Waals surface area contributed by atoms with Gasteiger partial charge in [0, 0.05) is 19.5 Å². The van der Waals surface area contributed by atoms with Crippen molar-refractivity contribution in [3.8, 4) is 5.75 Å². The molecule has 0 bridgehead atoms. The van der Waals surface area contributed by atoms with E-state index in [1.165, 1.54) is 0 Å². The molecule has 2 heterocycles. The van der Waals surface area contributed by atoms with E-state index >= 15 is 0 Å². The Labute approximate surface area is 130 Å². The number of hydrogen-bond donors (Lipinski definition) is 0. The number of likely N-dealkylation sites (tertiary alicyclic amines) is 1. The lowest BCUT2D eigenvalue weighted by atomic mass is 9.98. The predicted molar refractivity (Wildman–Crippen MR) is 84.0 cm³/mol. The van der Waals surface area contributed by atoms with Crippen molar-refractivity contribution in [1.82, 2.24) is 4.90 Å². The Bertz CT molecular complexity index is 560. The Hall–Kier alpha value is -2.04. The number of methoxy groups -OCH3 is 1. The van der Waals surface area contributed by atoms with Crippen molar-refractivity contribution < 1.29 is 14.4 Å². The maximum Gasteiger partial charge on any atom is 0.266 e. The van der Waals surface area contributed by atoms with Gasteiger partial charge in [0.25, 0.3) is 5.91 Å². The lowest BCUT2D eigenvalue weighted by Gasteiger charge is -2.31. The van der Waals surface area contributed by atoms with Crippen molar-refractivity contribution in [3.63, 3.8) is 0 Å². The van der Waals surface area contributed by atoms with Crippen LogP contribution in [0.1, 0.15) is 31.7 Å². The fourth-order valence-electron chi connectivity index (χ4n) is 2.90. The maximum atomic E-state index is 12.5. The molecule has 1 amide bonds. The van der Waals surface area contributed by atoms with E-state index in [0.29, 0.717) is 12.3 Å². The van der Waals surface area contributed by atoms with Gasteiger partial charge in [-0.2, -0.15) is 0 Å². The molecule has 22 heavy (non-hydrogen) atoms. The summed E-state index contributed by atoms with van der Waals surface area (Å²) in [5.74, 6) is 1.58. The first-order valence-electron chi connectivity index (χ1n) is 7.83. The Morgan fingerprint density at radius 1 is 1.27 bits per heavy atom. The van der Waals surface area contributed by atoms with Crippen LogP contribution in [0.3, 0.4) is 0 Å². The van der Waals surface area contributed by atoms with Crippen LogP contribution >= 0.6 is 0 Å². The normalized spacial score (nSPS) is 22.2. The summed E-state index contributed by atoms with van der Waals surface area (Å²) in [4.78, 5) is 19.8. The van der Waals surface area contributed by atoms with Crippen LogP contribution in [0.5, 0.6) is 5.75 Å². The largest absolute Gasteiger partial charge is 0.497 e. The third-order valence-corrected chi connectivity index (χ3v) is 4.46. The van der Waals surface area contributed by atoms with E-state index in [1.807, 2.05) is 29.2 Å². The summed E-state index contributed by atoms with van der Waals surface area (Å²) < 4.78 is 5.15. The third-order valence-electron chi connectivity index (χ3n) is 4.46. The van der Waals surface area contributed by atoms with Crippen LogP contribution in [0.25, 0.3) is 0 Å². The van der Waals surface area contributed by atoms with E-state index in [4.69, 9.17) is 9.57 Å². The molecule has 1 aromatic carbocycles. The molecule has 5 nitrogen and oxygen atoms in total. The van der Waals surface area contributed by atoms with E-state index in [-0.39, 0.29) is 5.91 Å². The molecule has 3 rings (SSSR count). The van der Waals surface area contributed by atoms with Crippen molar-refractivity contribution >= 4 is 11.6 Å². The van der Waals surface area contributed by atoms with Gasteiger partial charge in [-0.1, -0.05) is 12.1 Å². The molecular formula is C17H22N2O3. The summed E-state index contributed by atoms with van der Waals surface area (Å²) in [6.45, 7) is 3.90. The molecule has 0 N–H and O–H groups in total. The van der Waals surface area contributed by atoms with E-state index in [9.17, 15) is 4.79 Å². The summed E-state index contributed by atoms with van der Waals surface area (Å²) in [6, 6.07) is 7.66. The Kier molecular flexibility index (Phi) is 4.32. The summed E-state index contributed by atoms with van der Waals surface area (Å²) in [5, 5.41) is 4.10. The minimum atomic E-state index is -0.467. The van der Waals surface area contributed by atoms with Gasteiger partial charge in [-0.25, -0.2) is 0 Å². The van der Waals surface area contributed by atoms with Gasteiger partial charge in [0.15, 0.2) is 0 Å². The van der Waals surface area contributed by atoms with E-state index in [2.05, 4.69) is 12.1 Å². The second kappa shape index (κ2) is 6.38. The number of nitrogens with zero attached hydrogens (tertiary/aromatic N) is 2. The first-order chi connectivity index (χ1) is 10.7. The molecular weight excluding hydrogens is 280 g/mol. The number of benzene rings is 1. The van der Waals surface area contributed by atoms with Crippen molar-refractivity contribution in [2.75, 3.05) is 20.2 Å². The zero-order chi connectivity index (χ0) is 15.5. The molecule has 0 radical (unpaired) electrons. The highest BCUT2D eigenvalue weighted by Gasteiger charge is 2.33. The first kappa shape index (κ1) is 14.9. The lowest BCUT2D eigenvalue weighted by molar-refractivity contribution is -0.143. The molecule has 0 aromatic heterocycles. The first-order valence-corrected chi connectivity index (χ1v) is 7.83. The van der Waals surface area contributed by atoms with Gasteiger partial charge >= 0.3 is 0 Å². The highest BCUT2D eigenvalue weighted by atomic mass is 16.6. The number of oxime groups is 1.